The van der Waals surface area contributed by atoms with E-state index in [1.165, 1.54) is 19.5 Å². The molecule has 2 amide bonds. The predicted octanol–water partition coefficient (Wildman–Crippen LogP) is 1.81. The standard InChI is InChI=1S/C19H21ClN6O2S.CH4O/c1-4-18(27)25-5-6-26(29-3)16(10-25)12-7-14(24-17(20)8-12)13-9-15(19(28)21-2)23-11-22-13;1-2/h4,7-9,11,16H,1,5-6,10H2,2-3H3,(H,21,28);2H,1H3. The number of pyridine rings is 1. The summed E-state index contributed by atoms with van der Waals surface area (Å²) in [5, 5.41) is 9.85. The molecule has 1 aliphatic heterocycles. The molecular weight excluding hydrogens is 440 g/mol. The zero-order valence-corrected chi connectivity index (χ0v) is 19.2. The van der Waals surface area contributed by atoms with E-state index in [9.17, 15) is 9.59 Å². The third kappa shape index (κ3) is 6.01. The van der Waals surface area contributed by atoms with Gasteiger partial charge in [-0.25, -0.2) is 19.3 Å². The second kappa shape index (κ2) is 11.8. The number of aliphatic hydroxyl groups is 1. The van der Waals surface area contributed by atoms with Crippen molar-refractivity contribution >= 4 is 35.4 Å². The quantitative estimate of drug-likeness (QED) is 0.391. The average Bonchev–Trinajstić information content (AvgIpc) is 2.83. The van der Waals surface area contributed by atoms with Gasteiger partial charge in [0.2, 0.25) is 5.91 Å². The molecule has 9 nitrogen and oxygen atoms in total. The lowest BCUT2D eigenvalue weighted by Gasteiger charge is -2.40. The van der Waals surface area contributed by atoms with E-state index >= 15 is 0 Å². The van der Waals surface area contributed by atoms with Crippen LogP contribution in [0.1, 0.15) is 22.1 Å². The van der Waals surface area contributed by atoms with Crippen molar-refractivity contribution in [3.8, 4) is 11.4 Å². The minimum Gasteiger partial charge on any atom is -0.400 e. The molecular formula is C20H25ClN6O3S. The predicted molar refractivity (Wildman–Crippen MR) is 122 cm³/mol. The highest BCUT2D eigenvalue weighted by Gasteiger charge is 2.30. The van der Waals surface area contributed by atoms with Gasteiger partial charge in [0, 0.05) is 33.8 Å². The normalized spacial score (nSPS) is 16.2. The van der Waals surface area contributed by atoms with Crippen LogP contribution in [0.25, 0.3) is 11.4 Å². The first-order chi connectivity index (χ1) is 15.0. The van der Waals surface area contributed by atoms with Gasteiger partial charge in [-0.1, -0.05) is 30.1 Å². The summed E-state index contributed by atoms with van der Waals surface area (Å²) in [5.74, 6) is -0.405. The molecule has 1 atom stereocenters. The van der Waals surface area contributed by atoms with E-state index < -0.39 is 0 Å². The Balaban J connectivity index is 0.00000166. The van der Waals surface area contributed by atoms with Gasteiger partial charge in [0.1, 0.15) is 17.2 Å². The first-order valence-corrected chi connectivity index (χ1v) is 10.9. The second-order valence-electron chi connectivity index (χ2n) is 6.30. The van der Waals surface area contributed by atoms with Crippen molar-refractivity contribution < 1.29 is 14.7 Å². The van der Waals surface area contributed by atoms with Gasteiger partial charge in [0.25, 0.3) is 5.91 Å². The number of nitrogens with one attached hydrogen (secondary N) is 1. The fourth-order valence-electron chi connectivity index (χ4n) is 3.18. The van der Waals surface area contributed by atoms with Crippen LogP contribution in [0.15, 0.2) is 37.2 Å². The Labute approximate surface area is 190 Å². The lowest BCUT2D eigenvalue weighted by atomic mass is 10.0. The highest BCUT2D eigenvalue weighted by molar-refractivity contribution is 7.96. The van der Waals surface area contributed by atoms with Crippen molar-refractivity contribution in [1.82, 2.24) is 29.5 Å². The highest BCUT2D eigenvalue weighted by Crippen LogP contribution is 2.33. The number of carbonyl (C=O) groups excluding carboxylic acids is 2. The molecule has 2 aromatic heterocycles. The molecule has 0 aliphatic carbocycles. The van der Waals surface area contributed by atoms with Gasteiger partial charge >= 0.3 is 0 Å². The van der Waals surface area contributed by atoms with Gasteiger partial charge < -0.3 is 15.3 Å². The molecule has 2 N–H and O–H groups in total. The molecule has 0 aromatic carbocycles. The molecule has 3 rings (SSSR count). The zero-order chi connectivity index (χ0) is 23.0. The number of rotatable bonds is 5. The minimum atomic E-state index is -0.310. The Hall–Kier alpha value is -2.53. The van der Waals surface area contributed by atoms with Crippen LogP contribution in [0.4, 0.5) is 0 Å². The average molecular weight is 465 g/mol. The third-order valence-corrected chi connectivity index (χ3v) is 5.74. The van der Waals surface area contributed by atoms with Crippen molar-refractivity contribution in [3.63, 3.8) is 0 Å². The summed E-state index contributed by atoms with van der Waals surface area (Å²) in [6.07, 6.45) is 4.65. The maximum absolute atomic E-state index is 12.1. The van der Waals surface area contributed by atoms with E-state index in [-0.39, 0.29) is 23.6 Å². The number of hydrogen-bond acceptors (Lipinski definition) is 8. The van der Waals surface area contributed by atoms with Crippen molar-refractivity contribution in [3.05, 3.63) is 53.6 Å². The molecule has 1 saturated heterocycles. The largest absolute Gasteiger partial charge is 0.400 e. The summed E-state index contributed by atoms with van der Waals surface area (Å²) in [7, 11) is 2.54. The summed E-state index contributed by atoms with van der Waals surface area (Å²) < 4.78 is 2.21. The molecule has 1 fully saturated rings. The third-order valence-electron chi connectivity index (χ3n) is 4.64. The molecule has 0 spiro atoms. The molecule has 0 radical (unpaired) electrons. The van der Waals surface area contributed by atoms with Crippen LogP contribution in [0.2, 0.25) is 5.15 Å². The Morgan fingerprint density at radius 3 is 2.65 bits per heavy atom. The highest BCUT2D eigenvalue weighted by atomic mass is 35.5. The smallest absolute Gasteiger partial charge is 0.269 e. The lowest BCUT2D eigenvalue weighted by molar-refractivity contribution is -0.128. The number of aromatic nitrogens is 3. The summed E-state index contributed by atoms with van der Waals surface area (Å²) in [5.41, 5.74) is 2.18. The number of halogens is 1. The maximum atomic E-state index is 12.1. The SMILES string of the molecule is C=CC(=O)N1CCN(SC)C(c2cc(Cl)nc(-c3cc(C(=O)NC)ncn3)c2)C1.CO. The van der Waals surface area contributed by atoms with E-state index in [4.69, 9.17) is 16.7 Å². The molecule has 3 heterocycles. The molecule has 0 saturated carbocycles. The van der Waals surface area contributed by atoms with E-state index in [0.29, 0.717) is 29.6 Å². The van der Waals surface area contributed by atoms with E-state index in [1.54, 1.807) is 29.0 Å². The Morgan fingerprint density at radius 2 is 2.00 bits per heavy atom. The van der Waals surface area contributed by atoms with Crippen molar-refractivity contribution in [2.45, 2.75) is 6.04 Å². The van der Waals surface area contributed by atoms with Crippen LogP contribution in [0, 0.1) is 0 Å². The number of nitrogens with zero attached hydrogens (tertiary/aromatic N) is 5. The van der Waals surface area contributed by atoms with Gasteiger partial charge in [0.15, 0.2) is 0 Å². The molecule has 2 aromatic rings. The van der Waals surface area contributed by atoms with Crippen LogP contribution < -0.4 is 5.32 Å². The number of piperazine rings is 1. The van der Waals surface area contributed by atoms with Crippen molar-refractivity contribution in [2.24, 2.45) is 0 Å². The monoisotopic (exact) mass is 464 g/mol. The molecule has 1 aliphatic rings. The molecule has 11 heteroatoms. The number of carbonyl (C=O) groups is 2. The summed E-state index contributed by atoms with van der Waals surface area (Å²) in [4.78, 5) is 38.4. The Morgan fingerprint density at radius 1 is 1.26 bits per heavy atom. The van der Waals surface area contributed by atoms with Crippen LogP contribution in [0.5, 0.6) is 0 Å². The fraction of sp³-hybridized carbons (Fsp3) is 0.350. The Kier molecular flexibility index (Phi) is 9.38. The van der Waals surface area contributed by atoms with Gasteiger partial charge in [-0.3, -0.25) is 9.59 Å². The number of amides is 2. The fourth-order valence-corrected chi connectivity index (χ4v) is 4.10. The zero-order valence-electron chi connectivity index (χ0n) is 17.6. The molecule has 31 heavy (non-hydrogen) atoms. The summed E-state index contributed by atoms with van der Waals surface area (Å²) >= 11 is 7.92. The topological polar surface area (TPSA) is 112 Å². The maximum Gasteiger partial charge on any atom is 0.269 e. The van der Waals surface area contributed by atoms with Crippen LogP contribution in [-0.2, 0) is 4.79 Å². The molecule has 1 unspecified atom stereocenters. The Bertz CT molecular complexity index is 945. The number of hydrogen-bond donors (Lipinski definition) is 2. The molecule has 0 bridgehead atoms. The first-order valence-electron chi connectivity index (χ1n) is 9.35. The number of aliphatic hydroxyl groups excluding tert-OH is 1. The van der Waals surface area contributed by atoms with Crippen molar-refractivity contribution in [2.75, 3.05) is 40.0 Å². The summed E-state index contributed by atoms with van der Waals surface area (Å²) in [6, 6.07) is 5.18. The van der Waals surface area contributed by atoms with Gasteiger partial charge in [-0.2, -0.15) is 0 Å². The second-order valence-corrected chi connectivity index (χ2v) is 7.52. The van der Waals surface area contributed by atoms with Crippen LogP contribution in [-0.4, -0.2) is 81.1 Å². The van der Waals surface area contributed by atoms with E-state index in [1.807, 2.05) is 12.3 Å². The van der Waals surface area contributed by atoms with Gasteiger partial charge in [-0.05, 0) is 36.1 Å². The van der Waals surface area contributed by atoms with Gasteiger partial charge in [-0.15, -0.1) is 0 Å². The van der Waals surface area contributed by atoms with E-state index in [2.05, 4.69) is 31.2 Å². The molecule has 166 valence electrons. The van der Waals surface area contributed by atoms with Gasteiger partial charge in [0.05, 0.1) is 17.4 Å². The first kappa shape index (κ1) is 24.7. The van der Waals surface area contributed by atoms with E-state index in [0.717, 1.165) is 19.2 Å². The minimum absolute atomic E-state index is 0.0675. The van der Waals surface area contributed by atoms with Crippen LogP contribution >= 0.6 is 23.5 Å². The summed E-state index contributed by atoms with van der Waals surface area (Å²) in [6.45, 7) is 5.45. The lowest BCUT2D eigenvalue weighted by Crippen LogP contribution is -2.47. The van der Waals surface area contributed by atoms with Crippen molar-refractivity contribution in [1.29, 1.82) is 0 Å². The van der Waals surface area contributed by atoms with Crippen LogP contribution in [0.3, 0.4) is 0 Å².